The quantitative estimate of drug-likeness (QED) is 0.751. The largest absolute Gasteiger partial charge is 0.385 e. The Balaban J connectivity index is 2.15. The number of ether oxygens (including phenoxy) is 1. The Morgan fingerprint density at radius 2 is 2.05 bits per heavy atom. The van der Waals surface area contributed by atoms with E-state index in [0.717, 1.165) is 49.1 Å². The summed E-state index contributed by atoms with van der Waals surface area (Å²) < 4.78 is 5.14. The number of methoxy groups -OCH3 is 1. The van der Waals surface area contributed by atoms with Gasteiger partial charge < -0.3 is 10.1 Å². The van der Waals surface area contributed by atoms with Crippen LogP contribution >= 0.6 is 0 Å². The highest BCUT2D eigenvalue weighted by molar-refractivity contribution is 5.73. The molecule has 0 fully saturated rings. The zero-order valence-electron chi connectivity index (χ0n) is 12.3. The van der Waals surface area contributed by atoms with E-state index in [9.17, 15) is 0 Å². The van der Waals surface area contributed by atoms with Gasteiger partial charge >= 0.3 is 0 Å². The van der Waals surface area contributed by atoms with Gasteiger partial charge in [0.2, 0.25) is 0 Å². The first-order valence-corrected chi connectivity index (χ1v) is 7.29. The van der Waals surface area contributed by atoms with Crippen LogP contribution < -0.4 is 5.32 Å². The van der Waals surface area contributed by atoms with E-state index < -0.39 is 0 Å². The van der Waals surface area contributed by atoms with E-state index in [2.05, 4.69) is 17.2 Å². The highest BCUT2D eigenvalue weighted by Crippen LogP contribution is 2.18. The topological polar surface area (TPSA) is 47.0 Å². The van der Waals surface area contributed by atoms with Gasteiger partial charge in [0.15, 0.2) is 0 Å². The Labute approximate surface area is 120 Å². The molecule has 0 bridgehead atoms. The van der Waals surface area contributed by atoms with Crippen molar-refractivity contribution in [2.24, 2.45) is 0 Å². The van der Waals surface area contributed by atoms with Crippen LogP contribution in [-0.2, 0) is 4.74 Å². The Morgan fingerprint density at radius 3 is 2.80 bits per heavy atom. The molecule has 20 heavy (non-hydrogen) atoms. The van der Waals surface area contributed by atoms with Gasteiger partial charge in [-0.25, -0.2) is 4.98 Å². The minimum Gasteiger partial charge on any atom is -0.385 e. The number of hydrogen-bond acceptors (Lipinski definition) is 4. The van der Waals surface area contributed by atoms with Crippen molar-refractivity contribution in [2.75, 3.05) is 20.3 Å². The third kappa shape index (κ3) is 3.99. The second kappa shape index (κ2) is 7.92. The molecule has 0 saturated heterocycles. The minimum absolute atomic E-state index is 0.252. The van der Waals surface area contributed by atoms with Crippen LogP contribution in [0, 0.1) is 0 Å². The molecule has 2 aromatic rings. The lowest BCUT2D eigenvalue weighted by molar-refractivity contribution is 0.188. The second-order valence-corrected chi connectivity index (χ2v) is 4.93. The summed E-state index contributed by atoms with van der Waals surface area (Å²) in [5, 5.41) is 3.55. The van der Waals surface area contributed by atoms with Gasteiger partial charge in [-0.1, -0.05) is 19.1 Å². The smallest absolute Gasteiger partial charge is 0.0890 e. The number of aromatic nitrogens is 2. The van der Waals surface area contributed by atoms with Crippen molar-refractivity contribution >= 4 is 11.0 Å². The molecule has 0 aliphatic carbocycles. The summed E-state index contributed by atoms with van der Waals surface area (Å²) in [6, 6.07) is 8.24. The van der Waals surface area contributed by atoms with Gasteiger partial charge in [0.25, 0.3) is 0 Å². The van der Waals surface area contributed by atoms with Crippen molar-refractivity contribution in [1.82, 2.24) is 15.3 Å². The van der Waals surface area contributed by atoms with Gasteiger partial charge in [-0.05, 0) is 37.9 Å². The monoisotopic (exact) mass is 273 g/mol. The first-order chi connectivity index (χ1) is 9.85. The molecule has 1 unspecified atom stereocenters. The zero-order valence-corrected chi connectivity index (χ0v) is 12.3. The van der Waals surface area contributed by atoms with Crippen LogP contribution in [0.2, 0.25) is 0 Å². The average molecular weight is 273 g/mol. The molecule has 0 radical (unpaired) electrons. The Morgan fingerprint density at radius 1 is 1.25 bits per heavy atom. The van der Waals surface area contributed by atoms with Crippen molar-refractivity contribution in [1.29, 1.82) is 0 Å². The maximum Gasteiger partial charge on any atom is 0.0890 e. The maximum absolute atomic E-state index is 5.14. The van der Waals surface area contributed by atoms with Crippen LogP contribution in [0.4, 0.5) is 0 Å². The molecule has 0 saturated carbocycles. The number of fused-ring (bicyclic) bond motifs is 1. The van der Waals surface area contributed by atoms with Gasteiger partial charge in [-0.2, -0.15) is 0 Å². The van der Waals surface area contributed by atoms with Crippen molar-refractivity contribution in [3.05, 3.63) is 36.2 Å². The average Bonchev–Trinajstić information content (AvgIpc) is 2.50. The first kappa shape index (κ1) is 14.9. The third-order valence-electron chi connectivity index (χ3n) is 3.31. The molecule has 0 amide bonds. The minimum atomic E-state index is 0.252. The molecule has 4 heteroatoms. The van der Waals surface area contributed by atoms with Crippen molar-refractivity contribution < 1.29 is 4.74 Å². The molecular weight excluding hydrogens is 250 g/mol. The molecule has 2 rings (SSSR count). The predicted molar refractivity (Wildman–Crippen MR) is 81.7 cm³/mol. The molecular formula is C16H23N3O. The lowest BCUT2D eigenvalue weighted by Gasteiger charge is -2.18. The molecule has 108 valence electrons. The van der Waals surface area contributed by atoms with Crippen LogP contribution in [0.15, 0.2) is 30.5 Å². The molecule has 1 aromatic carbocycles. The molecule has 0 aliphatic heterocycles. The van der Waals surface area contributed by atoms with E-state index in [0.29, 0.717) is 0 Å². The van der Waals surface area contributed by atoms with Crippen molar-refractivity contribution in [3.63, 3.8) is 0 Å². The van der Waals surface area contributed by atoms with E-state index in [1.54, 1.807) is 7.11 Å². The Bertz CT molecular complexity index is 530. The molecule has 4 nitrogen and oxygen atoms in total. The van der Waals surface area contributed by atoms with E-state index in [1.165, 1.54) is 0 Å². The van der Waals surface area contributed by atoms with Crippen LogP contribution in [0.3, 0.4) is 0 Å². The van der Waals surface area contributed by atoms with Crippen LogP contribution in [0.5, 0.6) is 0 Å². The summed E-state index contributed by atoms with van der Waals surface area (Å²) in [4.78, 5) is 9.25. The fourth-order valence-electron chi connectivity index (χ4n) is 2.24. The van der Waals surface area contributed by atoms with E-state index >= 15 is 0 Å². The lowest BCUT2D eigenvalue weighted by Crippen LogP contribution is -2.23. The van der Waals surface area contributed by atoms with Gasteiger partial charge in [0, 0.05) is 13.7 Å². The molecule has 1 heterocycles. The highest BCUT2D eigenvalue weighted by atomic mass is 16.5. The number of benzene rings is 1. The molecule has 0 aliphatic rings. The van der Waals surface area contributed by atoms with Gasteiger partial charge in [0.05, 0.1) is 29.0 Å². The van der Waals surface area contributed by atoms with Gasteiger partial charge in [0.1, 0.15) is 0 Å². The van der Waals surface area contributed by atoms with Crippen LogP contribution in [-0.4, -0.2) is 30.2 Å². The summed E-state index contributed by atoms with van der Waals surface area (Å²) in [6.07, 6.45) is 5.04. The van der Waals surface area contributed by atoms with Crippen LogP contribution in [0.25, 0.3) is 11.0 Å². The highest BCUT2D eigenvalue weighted by Gasteiger charge is 2.13. The van der Waals surface area contributed by atoms with E-state index in [1.807, 2.05) is 30.5 Å². The summed E-state index contributed by atoms with van der Waals surface area (Å²) in [5.41, 5.74) is 2.93. The van der Waals surface area contributed by atoms with E-state index in [4.69, 9.17) is 9.72 Å². The number of nitrogens with one attached hydrogen (secondary N) is 1. The molecule has 0 spiro atoms. The summed E-state index contributed by atoms with van der Waals surface area (Å²) in [5.74, 6) is 0. The predicted octanol–water partition coefficient (Wildman–Crippen LogP) is 3.10. The van der Waals surface area contributed by atoms with Crippen molar-refractivity contribution in [3.8, 4) is 0 Å². The summed E-state index contributed by atoms with van der Waals surface area (Å²) >= 11 is 0. The lowest BCUT2D eigenvalue weighted by atomic mass is 10.1. The number of nitrogens with zero attached hydrogens (tertiary/aromatic N) is 2. The van der Waals surface area contributed by atoms with E-state index in [-0.39, 0.29) is 6.04 Å². The number of rotatable bonds is 8. The van der Waals surface area contributed by atoms with Crippen LogP contribution in [0.1, 0.15) is 37.9 Å². The maximum atomic E-state index is 5.14. The van der Waals surface area contributed by atoms with Gasteiger partial charge in [-0.15, -0.1) is 0 Å². The Kier molecular flexibility index (Phi) is 5.89. The molecule has 1 atom stereocenters. The third-order valence-corrected chi connectivity index (χ3v) is 3.31. The molecule has 1 aromatic heterocycles. The van der Waals surface area contributed by atoms with Gasteiger partial charge in [-0.3, -0.25) is 4.98 Å². The first-order valence-electron chi connectivity index (χ1n) is 7.29. The normalized spacial score (nSPS) is 12.7. The second-order valence-electron chi connectivity index (χ2n) is 4.93. The number of hydrogen-bond donors (Lipinski definition) is 1. The standard InChI is InChI=1S/C16H23N3O/c1-3-10-17-14(9-6-11-20-2)16-12-18-13-7-4-5-8-15(13)19-16/h4-5,7-8,12,14,17H,3,6,9-11H2,1-2H3. The summed E-state index contributed by atoms with van der Waals surface area (Å²) in [7, 11) is 1.74. The fraction of sp³-hybridized carbons (Fsp3) is 0.500. The number of para-hydroxylation sites is 2. The van der Waals surface area contributed by atoms with Crippen molar-refractivity contribution in [2.45, 2.75) is 32.2 Å². The zero-order chi connectivity index (χ0) is 14.2. The Hall–Kier alpha value is -1.52. The fourth-order valence-corrected chi connectivity index (χ4v) is 2.24. The molecule has 1 N–H and O–H groups in total. The SMILES string of the molecule is CCCNC(CCCOC)c1cnc2ccccc2n1. The summed E-state index contributed by atoms with van der Waals surface area (Å²) in [6.45, 7) is 3.95.